The predicted molar refractivity (Wildman–Crippen MR) is 97.7 cm³/mol. The van der Waals surface area contributed by atoms with E-state index in [9.17, 15) is 4.79 Å². The molecule has 1 heterocycles. The van der Waals surface area contributed by atoms with Gasteiger partial charge in [0.1, 0.15) is 5.75 Å². The number of benzene rings is 1. The van der Waals surface area contributed by atoms with Crippen LogP contribution in [-0.2, 0) is 13.2 Å². The lowest BCUT2D eigenvalue weighted by atomic mass is 9.96. The molecule has 0 saturated heterocycles. The van der Waals surface area contributed by atoms with Crippen LogP contribution in [-0.4, -0.2) is 21.9 Å². The number of carbonyl (C=O) groups is 1. The molecule has 0 unspecified atom stereocenters. The molecule has 2 aromatic rings. The van der Waals surface area contributed by atoms with Gasteiger partial charge in [0.2, 0.25) is 0 Å². The second kappa shape index (κ2) is 8.55. The van der Waals surface area contributed by atoms with Gasteiger partial charge in [-0.15, -0.1) is 0 Å². The van der Waals surface area contributed by atoms with E-state index in [-0.39, 0.29) is 6.03 Å². The standard InChI is InChI=1S/C19H26N4O2/c1-2-15-8-10-18(11-9-15)25-14-23-13-17(12-20-23)22-19(24)21-16-6-4-3-5-7-16/h8-13,16H,2-7,14H2,1H3,(H2,21,22,24). The number of rotatable bonds is 6. The van der Waals surface area contributed by atoms with Crippen LogP contribution in [0.5, 0.6) is 5.75 Å². The molecule has 1 saturated carbocycles. The maximum Gasteiger partial charge on any atom is 0.319 e. The van der Waals surface area contributed by atoms with Crippen LogP contribution in [0.4, 0.5) is 10.5 Å². The van der Waals surface area contributed by atoms with Crippen LogP contribution in [0.2, 0.25) is 0 Å². The first-order valence-corrected chi connectivity index (χ1v) is 9.04. The van der Waals surface area contributed by atoms with Gasteiger partial charge in [-0.3, -0.25) is 0 Å². The van der Waals surface area contributed by atoms with Crippen molar-refractivity contribution in [3.63, 3.8) is 0 Å². The molecular weight excluding hydrogens is 316 g/mol. The van der Waals surface area contributed by atoms with Crippen LogP contribution in [0.3, 0.4) is 0 Å². The van der Waals surface area contributed by atoms with Crippen LogP contribution in [0.1, 0.15) is 44.6 Å². The van der Waals surface area contributed by atoms with E-state index in [1.165, 1.54) is 24.8 Å². The minimum Gasteiger partial charge on any atom is -0.471 e. The molecule has 25 heavy (non-hydrogen) atoms. The third-order valence-corrected chi connectivity index (χ3v) is 4.53. The zero-order chi connectivity index (χ0) is 17.5. The van der Waals surface area contributed by atoms with Crippen molar-refractivity contribution < 1.29 is 9.53 Å². The zero-order valence-corrected chi connectivity index (χ0v) is 14.7. The number of hydrogen-bond acceptors (Lipinski definition) is 3. The molecule has 6 nitrogen and oxygen atoms in total. The number of aryl methyl sites for hydroxylation is 1. The first-order valence-electron chi connectivity index (χ1n) is 9.04. The second-order valence-electron chi connectivity index (χ2n) is 6.47. The minimum atomic E-state index is -0.164. The summed E-state index contributed by atoms with van der Waals surface area (Å²) in [5, 5.41) is 10.1. The number of hydrogen-bond donors (Lipinski definition) is 2. The van der Waals surface area contributed by atoms with Crippen LogP contribution in [0, 0.1) is 0 Å². The van der Waals surface area contributed by atoms with Gasteiger partial charge in [0.25, 0.3) is 0 Å². The Morgan fingerprint density at radius 3 is 2.72 bits per heavy atom. The van der Waals surface area contributed by atoms with Crippen LogP contribution >= 0.6 is 0 Å². The van der Waals surface area contributed by atoms with E-state index in [0.29, 0.717) is 18.5 Å². The quantitative estimate of drug-likeness (QED) is 0.835. The topological polar surface area (TPSA) is 68.2 Å². The first kappa shape index (κ1) is 17.3. The Labute approximate surface area is 148 Å². The predicted octanol–water partition coefficient (Wildman–Crippen LogP) is 3.94. The molecule has 0 atom stereocenters. The van der Waals surface area contributed by atoms with Gasteiger partial charge < -0.3 is 15.4 Å². The third kappa shape index (κ3) is 5.24. The van der Waals surface area contributed by atoms with Crippen molar-refractivity contribution in [2.75, 3.05) is 5.32 Å². The lowest BCUT2D eigenvalue weighted by Gasteiger charge is -2.22. The van der Waals surface area contributed by atoms with Crippen LogP contribution < -0.4 is 15.4 Å². The lowest BCUT2D eigenvalue weighted by Crippen LogP contribution is -2.38. The Hall–Kier alpha value is -2.50. The summed E-state index contributed by atoms with van der Waals surface area (Å²) in [4.78, 5) is 12.0. The summed E-state index contributed by atoms with van der Waals surface area (Å²) in [5.41, 5.74) is 1.94. The van der Waals surface area contributed by atoms with Gasteiger partial charge in [0.05, 0.1) is 18.1 Å². The summed E-state index contributed by atoms with van der Waals surface area (Å²) in [6.45, 7) is 2.43. The van der Waals surface area contributed by atoms with Crippen molar-refractivity contribution in [2.45, 2.75) is 58.2 Å². The van der Waals surface area contributed by atoms with E-state index in [4.69, 9.17) is 4.74 Å². The molecular formula is C19H26N4O2. The normalized spacial score (nSPS) is 14.9. The third-order valence-electron chi connectivity index (χ3n) is 4.53. The molecule has 1 fully saturated rings. The molecule has 0 radical (unpaired) electrons. The number of amides is 2. The summed E-state index contributed by atoms with van der Waals surface area (Å²) in [7, 11) is 0. The summed E-state index contributed by atoms with van der Waals surface area (Å²) in [6.07, 6.45) is 10.2. The fourth-order valence-corrected chi connectivity index (χ4v) is 3.06. The number of nitrogens with zero attached hydrogens (tertiary/aromatic N) is 2. The molecule has 134 valence electrons. The fourth-order valence-electron chi connectivity index (χ4n) is 3.06. The highest BCUT2D eigenvalue weighted by molar-refractivity contribution is 5.89. The average molecular weight is 342 g/mol. The Morgan fingerprint density at radius 1 is 1.24 bits per heavy atom. The van der Waals surface area contributed by atoms with Gasteiger partial charge in [-0.05, 0) is 37.0 Å². The summed E-state index contributed by atoms with van der Waals surface area (Å²) >= 11 is 0. The molecule has 1 aliphatic carbocycles. The highest BCUT2D eigenvalue weighted by atomic mass is 16.5. The van der Waals surface area contributed by atoms with E-state index >= 15 is 0 Å². The molecule has 0 aliphatic heterocycles. The molecule has 1 aromatic heterocycles. The van der Waals surface area contributed by atoms with Crippen LogP contribution in [0.15, 0.2) is 36.7 Å². The highest BCUT2D eigenvalue weighted by Gasteiger charge is 2.15. The summed E-state index contributed by atoms with van der Waals surface area (Å²) in [6, 6.07) is 8.15. The molecule has 2 N–H and O–H groups in total. The van der Waals surface area contributed by atoms with E-state index < -0.39 is 0 Å². The van der Waals surface area contributed by atoms with Crippen molar-refractivity contribution in [1.29, 1.82) is 0 Å². The second-order valence-corrected chi connectivity index (χ2v) is 6.47. The monoisotopic (exact) mass is 342 g/mol. The van der Waals surface area contributed by atoms with Gasteiger partial charge >= 0.3 is 6.03 Å². The Morgan fingerprint density at radius 2 is 2.00 bits per heavy atom. The van der Waals surface area contributed by atoms with Crippen molar-refractivity contribution in [2.24, 2.45) is 0 Å². The number of nitrogens with one attached hydrogen (secondary N) is 2. The average Bonchev–Trinajstić information content (AvgIpc) is 3.08. The molecule has 1 aromatic carbocycles. The summed E-state index contributed by atoms with van der Waals surface area (Å²) < 4.78 is 7.36. The number of anilines is 1. The molecule has 1 aliphatic rings. The Balaban J connectivity index is 1.45. The maximum atomic E-state index is 12.0. The molecule has 2 amide bonds. The Bertz CT molecular complexity index is 675. The smallest absolute Gasteiger partial charge is 0.319 e. The minimum absolute atomic E-state index is 0.164. The van der Waals surface area contributed by atoms with E-state index in [0.717, 1.165) is 25.0 Å². The van der Waals surface area contributed by atoms with Crippen LogP contribution in [0.25, 0.3) is 0 Å². The Kier molecular flexibility index (Phi) is 5.93. The maximum absolute atomic E-state index is 12.0. The first-order chi connectivity index (χ1) is 12.2. The van der Waals surface area contributed by atoms with Crippen molar-refractivity contribution in [3.8, 4) is 5.75 Å². The van der Waals surface area contributed by atoms with Crippen molar-refractivity contribution in [3.05, 3.63) is 42.2 Å². The van der Waals surface area contributed by atoms with E-state index in [1.807, 2.05) is 12.1 Å². The molecule has 0 spiro atoms. The van der Waals surface area contributed by atoms with Crippen molar-refractivity contribution >= 4 is 11.7 Å². The molecule has 3 rings (SSSR count). The van der Waals surface area contributed by atoms with E-state index in [2.05, 4.69) is 34.8 Å². The number of ether oxygens (including phenoxy) is 1. The number of carbonyl (C=O) groups excluding carboxylic acids is 1. The molecule has 6 heteroatoms. The number of aromatic nitrogens is 2. The van der Waals surface area contributed by atoms with Gasteiger partial charge in [0, 0.05) is 6.04 Å². The SMILES string of the molecule is CCc1ccc(OCn2cc(NC(=O)NC3CCCCC3)cn2)cc1. The van der Waals surface area contributed by atoms with Gasteiger partial charge in [-0.1, -0.05) is 38.3 Å². The fraction of sp³-hybridized carbons (Fsp3) is 0.474. The summed E-state index contributed by atoms with van der Waals surface area (Å²) in [5.74, 6) is 0.803. The lowest BCUT2D eigenvalue weighted by molar-refractivity contribution is 0.221. The molecule has 0 bridgehead atoms. The van der Waals surface area contributed by atoms with Gasteiger partial charge in [0.15, 0.2) is 6.73 Å². The van der Waals surface area contributed by atoms with E-state index in [1.54, 1.807) is 17.1 Å². The van der Waals surface area contributed by atoms with Gasteiger partial charge in [-0.25, -0.2) is 9.48 Å². The highest BCUT2D eigenvalue weighted by Crippen LogP contribution is 2.17. The van der Waals surface area contributed by atoms with Gasteiger partial charge in [-0.2, -0.15) is 5.10 Å². The largest absolute Gasteiger partial charge is 0.471 e. The number of urea groups is 1. The zero-order valence-electron chi connectivity index (χ0n) is 14.7. The van der Waals surface area contributed by atoms with Crippen molar-refractivity contribution in [1.82, 2.24) is 15.1 Å².